The standard InChI is InChI=1S/C17H15NO4S/c19-12-5-1-10(2-6-12)14-15(17(21)18-16(14)20)11-3-7-13(8-4-11)22-9-23/h1-8,14-15,19,23H,9H2,(H,18,20,21). The summed E-state index contributed by atoms with van der Waals surface area (Å²) in [6.45, 7) is 0. The fraction of sp³-hybridized carbons (Fsp3) is 0.176. The second-order valence-corrected chi connectivity index (χ2v) is 5.50. The van der Waals surface area contributed by atoms with Crippen LogP contribution in [0.15, 0.2) is 48.5 Å². The van der Waals surface area contributed by atoms with Gasteiger partial charge in [0, 0.05) is 0 Å². The lowest BCUT2D eigenvalue weighted by atomic mass is 9.83. The van der Waals surface area contributed by atoms with E-state index in [0.717, 1.165) is 5.56 Å². The minimum absolute atomic E-state index is 0.114. The molecule has 23 heavy (non-hydrogen) atoms. The van der Waals surface area contributed by atoms with Crippen LogP contribution in [0.3, 0.4) is 0 Å². The van der Waals surface area contributed by atoms with E-state index in [1.807, 2.05) is 0 Å². The summed E-state index contributed by atoms with van der Waals surface area (Å²) < 4.78 is 5.27. The van der Waals surface area contributed by atoms with Gasteiger partial charge in [0.15, 0.2) is 0 Å². The first kappa shape index (κ1) is 15.4. The lowest BCUT2D eigenvalue weighted by Gasteiger charge is -2.16. The highest BCUT2D eigenvalue weighted by Gasteiger charge is 2.43. The molecule has 1 heterocycles. The molecule has 0 spiro atoms. The Morgan fingerprint density at radius 1 is 0.913 bits per heavy atom. The number of imide groups is 1. The number of nitrogens with one attached hydrogen (secondary N) is 1. The topological polar surface area (TPSA) is 75.6 Å². The van der Waals surface area contributed by atoms with E-state index in [-0.39, 0.29) is 23.5 Å². The molecule has 6 heteroatoms. The number of hydrogen-bond acceptors (Lipinski definition) is 5. The summed E-state index contributed by atoms with van der Waals surface area (Å²) in [5.74, 6) is -0.843. The molecule has 0 radical (unpaired) electrons. The maximum absolute atomic E-state index is 12.2. The average Bonchev–Trinajstić information content (AvgIpc) is 2.84. The normalized spacial score (nSPS) is 20.4. The van der Waals surface area contributed by atoms with E-state index in [1.54, 1.807) is 36.4 Å². The third-order valence-corrected chi connectivity index (χ3v) is 4.00. The van der Waals surface area contributed by atoms with Gasteiger partial charge in [0.25, 0.3) is 0 Å². The zero-order chi connectivity index (χ0) is 16.4. The summed E-state index contributed by atoms with van der Waals surface area (Å²) >= 11 is 3.99. The Balaban J connectivity index is 1.95. The van der Waals surface area contributed by atoms with Crippen molar-refractivity contribution in [1.82, 2.24) is 5.32 Å². The van der Waals surface area contributed by atoms with Gasteiger partial charge in [0.1, 0.15) is 17.4 Å². The van der Waals surface area contributed by atoms with E-state index in [0.29, 0.717) is 11.3 Å². The second-order valence-electron chi connectivity index (χ2n) is 5.24. The highest BCUT2D eigenvalue weighted by molar-refractivity contribution is 7.80. The fourth-order valence-electron chi connectivity index (χ4n) is 2.79. The molecular weight excluding hydrogens is 314 g/mol. The quantitative estimate of drug-likeness (QED) is 0.457. The van der Waals surface area contributed by atoms with Gasteiger partial charge in [0.2, 0.25) is 11.8 Å². The van der Waals surface area contributed by atoms with Crippen LogP contribution in [-0.2, 0) is 9.59 Å². The third-order valence-electron chi connectivity index (χ3n) is 3.87. The van der Waals surface area contributed by atoms with Crippen LogP contribution in [-0.4, -0.2) is 22.9 Å². The van der Waals surface area contributed by atoms with Gasteiger partial charge in [-0.2, -0.15) is 0 Å². The third kappa shape index (κ3) is 3.03. The molecule has 1 aliphatic rings. The van der Waals surface area contributed by atoms with Crippen LogP contribution in [0.5, 0.6) is 11.5 Å². The number of benzene rings is 2. The number of ether oxygens (including phenoxy) is 1. The summed E-state index contributed by atoms with van der Waals surface area (Å²) in [6, 6.07) is 13.4. The van der Waals surface area contributed by atoms with Gasteiger partial charge in [-0.15, -0.1) is 12.6 Å². The first-order chi connectivity index (χ1) is 11.1. The molecule has 1 aliphatic heterocycles. The predicted molar refractivity (Wildman–Crippen MR) is 87.7 cm³/mol. The first-order valence-corrected chi connectivity index (χ1v) is 7.70. The summed E-state index contributed by atoms with van der Waals surface area (Å²) in [5.41, 5.74) is 1.42. The van der Waals surface area contributed by atoms with E-state index in [9.17, 15) is 14.7 Å². The van der Waals surface area contributed by atoms with Crippen molar-refractivity contribution in [2.24, 2.45) is 0 Å². The molecule has 1 fully saturated rings. The molecule has 118 valence electrons. The van der Waals surface area contributed by atoms with Crippen molar-refractivity contribution in [3.63, 3.8) is 0 Å². The van der Waals surface area contributed by atoms with Gasteiger partial charge >= 0.3 is 0 Å². The Bertz CT molecular complexity index is 727. The summed E-state index contributed by atoms with van der Waals surface area (Å²) in [7, 11) is 0. The number of carbonyl (C=O) groups is 2. The molecule has 2 N–H and O–H groups in total. The van der Waals surface area contributed by atoms with E-state index in [1.165, 1.54) is 12.1 Å². The molecule has 2 atom stereocenters. The lowest BCUT2D eigenvalue weighted by Crippen LogP contribution is -2.21. The Morgan fingerprint density at radius 3 is 1.87 bits per heavy atom. The number of aromatic hydroxyl groups is 1. The van der Waals surface area contributed by atoms with Gasteiger partial charge in [-0.25, -0.2) is 0 Å². The first-order valence-electron chi connectivity index (χ1n) is 7.07. The summed E-state index contributed by atoms with van der Waals surface area (Å²) in [4.78, 5) is 24.4. The van der Waals surface area contributed by atoms with Gasteiger partial charge in [-0.3, -0.25) is 14.9 Å². The van der Waals surface area contributed by atoms with Crippen molar-refractivity contribution in [1.29, 1.82) is 0 Å². The maximum Gasteiger partial charge on any atom is 0.235 e. The van der Waals surface area contributed by atoms with Gasteiger partial charge in [-0.05, 0) is 35.4 Å². The number of phenols is 1. The van der Waals surface area contributed by atoms with E-state index < -0.39 is 11.8 Å². The zero-order valence-corrected chi connectivity index (χ0v) is 13.0. The zero-order valence-electron chi connectivity index (χ0n) is 12.1. The molecule has 3 rings (SSSR count). The Labute approximate surface area is 138 Å². The summed E-state index contributed by atoms with van der Waals surface area (Å²) in [5, 5.41) is 11.8. The largest absolute Gasteiger partial charge is 0.508 e. The van der Waals surface area contributed by atoms with Crippen molar-refractivity contribution in [3.05, 3.63) is 59.7 Å². The number of amides is 2. The summed E-state index contributed by atoms with van der Waals surface area (Å²) in [6.07, 6.45) is 0. The number of hydrogen-bond donors (Lipinski definition) is 3. The highest BCUT2D eigenvalue weighted by Crippen LogP contribution is 2.38. The van der Waals surface area contributed by atoms with Crippen LogP contribution in [0.2, 0.25) is 0 Å². The Hall–Kier alpha value is -2.47. The fourth-order valence-corrected chi connectivity index (χ4v) is 2.94. The SMILES string of the molecule is O=C1NC(=O)C(c2ccc(OCS)cc2)C1c1ccc(O)cc1. The van der Waals surface area contributed by atoms with Gasteiger partial charge in [-0.1, -0.05) is 24.3 Å². The van der Waals surface area contributed by atoms with Gasteiger partial charge < -0.3 is 9.84 Å². The van der Waals surface area contributed by atoms with E-state index in [4.69, 9.17) is 4.74 Å². The molecule has 2 unspecified atom stereocenters. The molecular formula is C17H15NO4S. The van der Waals surface area contributed by atoms with Crippen molar-refractivity contribution < 1.29 is 19.4 Å². The van der Waals surface area contributed by atoms with Crippen LogP contribution >= 0.6 is 12.6 Å². The Kier molecular flexibility index (Phi) is 4.25. The Morgan fingerprint density at radius 2 is 1.39 bits per heavy atom. The van der Waals surface area contributed by atoms with Crippen LogP contribution in [0.25, 0.3) is 0 Å². The van der Waals surface area contributed by atoms with Crippen molar-refractivity contribution in [2.45, 2.75) is 11.8 Å². The molecule has 2 aromatic carbocycles. The second kappa shape index (κ2) is 6.34. The average molecular weight is 329 g/mol. The number of rotatable bonds is 4. The minimum Gasteiger partial charge on any atom is -0.508 e. The van der Waals surface area contributed by atoms with Crippen molar-refractivity contribution in [3.8, 4) is 11.5 Å². The van der Waals surface area contributed by atoms with E-state index in [2.05, 4.69) is 17.9 Å². The molecule has 0 bridgehead atoms. The lowest BCUT2D eigenvalue weighted by molar-refractivity contribution is -0.125. The van der Waals surface area contributed by atoms with Gasteiger partial charge in [0.05, 0.1) is 11.8 Å². The maximum atomic E-state index is 12.2. The van der Waals surface area contributed by atoms with Crippen LogP contribution in [0.4, 0.5) is 0 Å². The molecule has 5 nitrogen and oxygen atoms in total. The predicted octanol–water partition coefficient (Wildman–Crippen LogP) is 2.18. The van der Waals surface area contributed by atoms with Crippen molar-refractivity contribution >= 4 is 24.4 Å². The minimum atomic E-state index is -0.611. The van der Waals surface area contributed by atoms with Crippen LogP contribution < -0.4 is 10.1 Å². The van der Waals surface area contributed by atoms with Crippen LogP contribution in [0, 0.1) is 0 Å². The highest BCUT2D eigenvalue weighted by atomic mass is 32.1. The smallest absolute Gasteiger partial charge is 0.235 e. The molecule has 0 aliphatic carbocycles. The van der Waals surface area contributed by atoms with E-state index >= 15 is 0 Å². The molecule has 0 saturated carbocycles. The monoisotopic (exact) mass is 329 g/mol. The number of phenolic OH excluding ortho intramolecular Hbond substituents is 1. The molecule has 1 saturated heterocycles. The van der Waals surface area contributed by atoms with Crippen molar-refractivity contribution in [2.75, 3.05) is 5.94 Å². The molecule has 2 aromatic rings. The molecule has 2 amide bonds. The number of thiol groups is 1. The molecule has 0 aromatic heterocycles. The number of carbonyl (C=O) groups excluding carboxylic acids is 2. The van der Waals surface area contributed by atoms with Crippen LogP contribution in [0.1, 0.15) is 23.0 Å².